The smallest absolute Gasteiger partial charge is 0.294 e. The predicted octanol–water partition coefficient (Wildman–Crippen LogP) is 0.913. The first kappa shape index (κ1) is 13.2. The third-order valence-corrected chi connectivity index (χ3v) is 3.00. The minimum atomic E-state index is -0.261. The minimum absolute atomic E-state index is 0.201. The fraction of sp³-hybridized carbons (Fsp3) is 0.308. The molecule has 0 atom stereocenters. The largest absolute Gasteiger partial charge is 0.497 e. The van der Waals surface area contributed by atoms with Crippen LogP contribution < -0.4 is 16.0 Å². The van der Waals surface area contributed by atoms with Crippen LogP contribution in [0.2, 0.25) is 0 Å². The molecule has 1 aromatic heterocycles. The first-order chi connectivity index (χ1) is 9.10. The number of nitrogens with zero attached hydrogens (tertiary/aromatic N) is 2. The average Bonchev–Trinajstić information content (AvgIpc) is 2.63. The highest BCUT2D eigenvalue weighted by molar-refractivity contribution is 5.46. The number of nitrogens with two attached hydrogens (primary N) is 1. The van der Waals surface area contributed by atoms with E-state index in [1.54, 1.807) is 32.0 Å². The molecule has 1 aromatic carbocycles. The van der Waals surface area contributed by atoms with E-state index in [-0.39, 0.29) is 17.9 Å². The molecule has 6 heteroatoms. The van der Waals surface area contributed by atoms with Crippen molar-refractivity contribution in [2.24, 2.45) is 7.05 Å². The van der Waals surface area contributed by atoms with Gasteiger partial charge < -0.3 is 15.2 Å². The molecule has 0 bridgehead atoms. The molecule has 0 unspecified atom stereocenters. The van der Waals surface area contributed by atoms with E-state index in [4.69, 9.17) is 15.2 Å². The summed E-state index contributed by atoms with van der Waals surface area (Å²) in [6.45, 7) is 0.286. The topological polar surface area (TPSA) is 71.4 Å². The summed E-state index contributed by atoms with van der Waals surface area (Å²) in [5, 5.41) is 0. The number of nitrogen functional groups attached to an aromatic ring is 1. The molecular weight excluding hydrogens is 246 g/mol. The Hall–Kier alpha value is -2.21. The molecule has 102 valence electrons. The van der Waals surface area contributed by atoms with Crippen LogP contribution in [0.25, 0.3) is 5.69 Å². The second kappa shape index (κ2) is 5.19. The normalized spacial score (nSPS) is 10.7. The molecule has 0 aliphatic heterocycles. The van der Waals surface area contributed by atoms with Gasteiger partial charge in [0.1, 0.15) is 11.4 Å². The summed E-state index contributed by atoms with van der Waals surface area (Å²) < 4.78 is 13.4. The Morgan fingerprint density at radius 1 is 1.32 bits per heavy atom. The highest BCUT2D eigenvalue weighted by Gasteiger charge is 2.16. The van der Waals surface area contributed by atoms with Crippen molar-refractivity contribution >= 4 is 5.69 Å². The van der Waals surface area contributed by atoms with Crippen molar-refractivity contribution in [2.45, 2.75) is 6.61 Å². The van der Waals surface area contributed by atoms with Crippen molar-refractivity contribution in [3.63, 3.8) is 0 Å². The van der Waals surface area contributed by atoms with Crippen LogP contribution in [-0.2, 0) is 18.4 Å². The fourth-order valence-electron chi connectivity index (χ4n) is 2.01. The molecule has 0 fully saturated rings. The molecule has 0 amide bonds. The van der Waals surface area contributed by atoms with Crippen molar-refractivity contribution in [3.8, 4) is 11.4 Å². The van der Waals surface area contributed by atoms with Gasteiger partial charge in [0.2, 0.25) is 0 Å². The van der Waals surface area contributed by atoms with E-state index in [1.807, 2.05) is 18.2 Å². The molecule has 6 nitrogen and oxygen atoms in total. The van der Waals surface area contributed by atoms with E-state index >= 15 is 0 Å². The molecule has 0 spiro atoms. The van der Waals surface area contributed by atoms with Crippen LogP contribution in [0.4, 0.5) is 5.69 Å². The van der Waals surface area contributed by atoms with Gasteiger partial charge in [0.15, 0.2) is 0 Å². The van der Waals surface area contributed by atoms with Gasteiger partial charge in [-0.15, -0.1) is 0 Å². The van der Waals surface area contributed by atoms with Crippen molar-refractivity contribution in [1.29, 1.82) is 0 Å². The minimum Gasteiger partial charge on any atom is -0.497 e. The molecule has 2 rings (SSSR count). The Balaban J connectivity index is 2.62. The number of benzene rings is 1. The van der Waals surface area contributed by atoms with Crippen molar-refractivity contribution < 1.29 is 9.47 Å². The van der Waals surface area contributed by atoms with E-state index in [9.17, 15) is 4.79 Å². The molecule has 2 aromatic rings. The van der Waals surface area contributed by atoms with E-state index in [0.29, 0.717) is 17.1 Å². The second-order valence-electron chi connectivity index (χ2n) is 4.14. The van der Waals surface area contributed by atoms with Gasteiger partial charge in [0.05, 0.1) is 25.1 Å². The van der Waals surface area contributed by atoms with Crippen molar-refractivity contribution in [1.82, 2.24) is 9.36 Å². The predicted molar refractivity (Wildman–Crippen MR) is 72.7 cm³/mol. The number of methoxy groups -OCH3 is 2. The number of hydrogen-bond acceptors (Lipinski definition) is 4. The lowest BCUT2D eigenvalue weighted by Gasteiger charge is -2.10. The fourth-order valence-corrected chi connectivity index (χ4v) is 2.01. The van der Waals surface area contributed by atoms with Gasteiger partial charge in [-0.25, -0.2) is 4.68 Å². The van der Waals surface area contributed by atoms with Crippen LogP contribution in [0.15, 0.2) is 29.1 Å². The summed E-state index contributed by atoms with van der Waals surface area (Å²) >= 11 is 0. The van der Waals surface area contributed by atoms with Gasteiger partial charge in [-0.2, -0.15) is 0 Å². The van der Waals surface area contributed by atoms with E-state index in [1.165, 1.54) is 4.68 Å². The molecule has 19 heavy (non-hydrogen) atoms. The van der Waals surface area contributed by atoms with Crippen LogP contribution >= 0.6 is 0 Å². The van der Waals surface area contributed by atoms with E-state index in [0.717, 1.165) is 0 Å². The molecule has 2 N–H and O–H groups in total. The maximum absolute atomic E-state index is 12.2. The standard InChI is InChI=1S/C13H17N3O3/c1-15-11(8-18-2)12(14)13(17)16(15)9-5-4-6-10(7-9)19-3/h4-7H,8,14H2,1-3H3. The Morgan fingerprint density at radius 3 is 2.68 bits per heavy atom. The Kier molecular flexibility index (Phi) is 3.62. The SMILES string of the molecule is COCc1c(N)c(=O)n(-c2cccc(OC)c2)n1C. The van der Waals surface area contributed by atoms with Crippen LogP contribution in [0.3, 0.4) is 0 Å². The van der Waals surface area contributed by atoms with Crippen LogP contribution in [-0.4, -0.2) is 23.6 Å². The van der Waals surface area contributed by atoms with E-state index in [2.05, 4.69) is 0 Å². The zero-order chi connectivity index (χ0) is 14.0. The lowest BCUT2D eigenvalue weighted by molar-refractivity contribution is 0.177. The summed E-state index contributed by atoms with van der Waals surface area (Å²) in [5.41, 5.74) is 7.12. The maximum atomic E-state index is 12.2. The van der Waals surface area contributed by atoms with Gasteiger partial charge in [-0.05, 0) is 12.1 Å². The molecular formula is C13H17N3O3. The Bertz CT molecular complexity index is 643. The molecule has 0 aliphatic rings. The van der Waals surface area contributed by atoms with Gasteiger partial charge >= 0.3 is 0 Å². The lowest BCUT2D eigenvalue weighted by atomic mass is 10.3. The molecule has 0 aliphatic carbocycles. The van der Waals surface area contributed by atoms with Gasteiger partial charge in [-0.3, -0.25) is 9.48 Å². The van der Waals surface area contributed by atoms with Crippen LogP contribution in [0.1, 0.15) is 5.69 Å². The van der Waals surface area contributed by atoms with Crippen molar-refractivity contribution in [3.05, 3.63) is 40.3 Å². The Labute approximate surface area is 110 Å². The monoisotopic (exact) mass is 263 g/mol. The quantitative estimate of drug-likeness (QED) is 0.890. The second-order valence-corrected chi connectivity index (χ2v) is 4.14. The highest BCUT2D eigenvalue weighted by atomic mass is 16.5. The first-order valence-electron chi connectivity index (χ1n) is 5.80. The molecule has 1 heterocycles. The average molecular weight is 263 g/mol. The van der Waals surface area contributed by atoms with Gasteiger partial charge in [-0.1, -0.05) is 6.07 Å². The lowest BCUT2D eigenvalue weighted by Crippen LogP contribution is -2.20. The summed E-state index contributed by atoms with van der Waals surface area (Å²) in [4.78, 5) is 12.2. The summed E-state index contributed by atoms with van der Waals surface area (Å²) in [5.74, 6) is 0.678. The maximum Gasteiger partial charge on any atom is 0.294 e. The first-order valence-corrected chi connectivity index (χ1v) is 5.80. The zero-order valence-electron chi connectivity index (χ0n) is 11.2. The third kappa shape index (κ3) is 2.22. The molecule has 0 radical (unpaired) electrons. The third-order valence-electron chi connectivity index (χ3n) is 3.00. The van der Waals surface area contributed by atoms with E-state index < -0.39 is 0 Å². The van der Waals surface area contributed by atoms with Crippen LogP contribution in [0.5, 0.6) is 5.75 Å². The number of ether oxygens (including phenoxy) is 2. The Morgan fingerprint density at radius 2 is 2.05 bits per heavy atom. The zero-order valence-corrected chi connectivity index (χ0v) is 11.2. The highest BCUT2D eigenvalue weighted by Crippen LogP contribution is 2.17. The van der Waals surface area contributed by atoms with Crippen molar-refractivity contribution in [2.75, 3.05) is 20.0 Å². The number of aromatic nitrogens is 2. The number of rotatable bonds is 4. The molecule has 0 saturated carbocycles. The number of anilines is 1. The summed E-state index contributed by atoms with van der Waals surface area (Å²) in [6, 6.07) is 7.23. The molecule has 0 saturated heterocycles. The van der Waals surface area contributed by atoms with Crippen LogP contribution in [0, 0.1) is 0 Å². The van der Waals surface area contributed by atoms with Gasteiger partial charge in [0, 0.05) is 20.2 Å². The summed E-state index contributed by atoms with van der Waals surface area (Å²) in [6.07, 6.45) is 0. The summed E-state index contributed by atoms with van der Waals surface area (Å²) in [7, 11) is 4.91. The number of hydrogen-bond donors (Lipinski definition) is 1. The van der Waals surface area contributed by atoms with Gasteiger partial charge in [0.25, 0.3) is 5.56 Å².